The van der Waals surface area contributed by atoms with Gasteiger partial charge in [-0.3, -0.25) is 0 Å². The van der Waals surface area contributed by atoms with E-state index in [9.17, 15) is 13.9 Å². The van der Waals surface area contributed by atoms with Gasteiger partial charge in [0.1, 0.15) is 11.6 Å². The second kappa shape index (κ2) is 6.43. The van der Waals surface area contributed by atoms with Crippen molar-refractivity contribution in [2.24, 2.45) is 5.73 Å². The van der Waals surface area contributed by atoms with Crippen molar-refractivity contribution >= 4 is 11.3 Å². The van der Waals surface area contributed by atoms with Gasteiger partial charge in [-0.05, 0) is 41.1 Å². The smallest absolute Gasteiger partial charge is 0.126 e. The Hall–Kier alpha value is -1.30. The van der Waals surface area contributed by atoms with Gasteiger partial charge < -0.3 is 10.8 Å². The molecule has 20 heavy (non-hydrogen) atoms. The van der Waals surface area contributed by atoms with E-state index in [1.54, 1.807) is 0 Å². The summed E-state index contributed by atoms with van der Waals surface area (Å²) in [7, 11) is 0. The Bertz CT molecular complexity index is 565. The number of hydrogen-bond donors (Lipinski definition) is 2. The summed E-state index contributed by atoms with van der Waals surface area (Å²) in [5.74, 6) is -1.84. The van der Waals surface area contributed by atoms with Crippen LogP contribution >= 0.6 is 11.3 Å². The quantitative estimate of drug-likeness (QED) is 0.889. The maximum Gasteiger partial charge on any atom is 0.126 e. The summed E-state index contributed by atoms with van der Waals surface area (Å²) in [4.78, 5) is 0.813. The molecule has 0 aliphatic heterocycles. The Balaban J connectivity index is 2.36. The molecule has 3 N–H and O–H groups in total. The SMILES string of the molecule is CCc1ccsc1C(O)C(CN)c1cc(F)cc(F)c1. The molecule has 0 fully saturated rings. The van der Waals surface area contributed by atoms with Crippen molar-refractivity contribution in [2.45, 2.75) is 25.4 Å². The molecule has 2 nitrogen and oxygen atoms in total. The Morgan fingerprint density at radius 1 is 1.25 bits per heavy atom. The van der Waals surface area contributed by atoms with Gasteiger partial charge in [0.05, 0.1) is 6.10 Å². The average molecular weight is 297 g/mol. The van der Waals surface area contributed by atoms with Gasteiger partial charge in [-0.25, -0.2) is 8.78 Å². The fraction of sp³-hybridized carbons (Fsp3) is 0.333. The van der Waals surface area contributed by atoms with Gasteiger partial charge in [0.25, 0.3) is 0 Å². The number of hydrogen-bond acceptors (Lipinski definition) is 3. The van der Waals surface area contributed by atoms with E-state index in [1.165, 1.54) is 23.5 Å². The molecule has 2 aromatic rings. The van der Waals surface area contributed by atoms with Crippen molar-refractivity contribution in [3.8, 4) is 0 Å². The molecule has 5 heteroatoms. The van der Waals surface area contributed by atoms with Crippen LogP contribution in [0.15, 0.2) is 29.6 Å². The van der Waals surface area contributed by atoms with Gasteiger partial charge >= 0.3 is 0 Å². The predicted octanol–water partition coefficient (Wildman–Crippen LogP) is 3.36. The predicted molar refractivity (Wildman–Crippen MR) is 76.8 cm³/mol. The largest absolute Gasteiger partial charge is 0.387 e. The molecule has 2 unspecified atom stereocenters. The standard InChI is InChI=1S/C15H17F2NOS/c1-2-9-3-4-20-15(9)14(19)13(8-18)10-5-11(16)7-12(17)6-10/h3-7,13-14,19H,2,8,18H2,1H3. The van der Waals surface area contributed by atoms with Crippen LogP contribution in [0.5, 0.6) is 0 Å². The lowest BCUT2D eigenvalue weighted by atomic mass is 9.91. The topological polar surface area (TPSA) is 46.2 Å². The number of thiophene rings is 1. The van der Waals surface area contributed by atoms with Gasteiger partial charge in [-0.1, -0.05) is 6.92 Å². The molecule has 2 atom stereocenters. The summed E-state index contributed by atoms with van der Waals surface area (Å²) < 4.78 is 26.6. The molecule has 1 aromatic heterocycles. The van der Waals surface area contributed by atoms with Crippen LogP contribution in [0.4, 0.5) is 8.78 Å². The zero-order valence-corrected chi connectivity index (χ0v) is 12.0. The number of aliphatic hydroxyl groups is 1. The molecule has 0 saturated heterocycles. The summed E-state index contributed by atoms with van der Waals surface area (Å²) in [6.45, 7) is 2.11. The van der Waals surface area contributed by atoms with Crippen LogP contribution in [0, 0.1) is 11.6 Å². The van der Waals surface area contributed by atoms with Crippen molar-refractivity contribution in [1.82, 2.24) is 0 Å². The molecule has 0 saturated carbocycles. The van der Waals surface area contributed by atoms with Crippen LogP contribution in [-0.4, -0.2) is 11.7 Å². The lowest BCUT2D eigenvalue weighted by molar-refractivity contribution is 0.150. The lowest BCUT2D eigenvalue weighted by Gasteiger charge is -2.22. The molecule has 0 radical (unpaired) electrons. The summed E-state index contributed by atoms with van der Waals surface area (Å²) in [5.41, 5.74) is 7.13. The minimum absolute atomic E-state index is 0.116. The Morgan fingerprint density at radius 2 is 1.90 bits per heavy atom. The maximum absolute atomic E-state index is 13.3. The Morgan fingerprint density at radius 3 is 2.45 bits per heavy atom. The average Bonchev–Trinajstić information content (AvgIpc) is 2.86. The molecule has 1 aromatic carbocycles. The zero-order chi connectivity index (χ0) is 14.7. The fourth-order valence-electron chi connectivity index (χ4n) is 2.32. The van der Waals surface area contributed by atoms with E-state index in [0.717, 1.165) is 22.9 Å². The molecule has 0 bridgehead atoms. The minimum Gasteiger partial charge on any atom is -0.387 e. The van der Waals surface area contributed by atoms with E-state index in [2.05, 4.69) is 0 Å². The van der Waals surface area contributed by atoms with Crippen LogP contribution in [0.1, 0.15) is 34.9 Å². The van der Waals surface area contributed by atoms with Gasteiger partial charge in [-0.15, -0.1) is 11.3 Å². The van der Waals surface area contributed by atoms with Gasteiger partial charge in [0, 0.05) is 23.4 Å². The monoisotopic (exact) mass is 297 g/mol. The first-order valence-corrected chi connectivity index (χ1v) is 7.35. The molecule has 2 rings (SSSR count). The number of aryl methyl sites for hydroxylation is 1. The highest BCUT2D eigenvalue weighted by molar-refractivity contribution is 7.10. The summed E-state index contributed by atoms with van der Waals surface area (Å²) in [6, 6.07) is 5.21. The summed E-state index contributed by atoms with van der Waals surface area (Å²) in [5, 5.41) is 12.4. The summed E-state index contributed by atoms with van der Waals surface area (Å²) in [6.07, 6.45) is -0.0545. The highest BCUT2D eigenvalue weighted by Gasteiger charge is 2.25. The van der Waals surface area contributed by atoms with Crippen LogP contribution in [0.25, 0.3) is 0 Å². The minimum atomic E-state index is -0.851. The van der Waals surface area contributed by atoms with E-state index < -0.39 is 23.7 Å². The molecule has 0 spiro atoms. The van der Waals surface area contributed by atoms with E-state index in [0.29, 0.717) is 5.56 Å². The van der Waals surface area contributed by atoms with Crippen molar-refractivity contribution in [1.29, 1.82) is 0 Å². The van der Waals surface area contributed by atoms with Crippen LogP contribution in [0.3, 0.4) is 0 Å². The van der Waals surface area contributed by atoms with E-state index >= 15 is 0 Å². The Labute approximate surface area is 120 Å². The van der Waals surface area contributed by atoms with Crippen molar-refractivity contribution in [3.05, 3.63) is 57.3 Å². The van der Waals surface area contributed by atoms with Crippen LogP contribution in [0.2, 0.25) is 0 Å². The van der Waals surface area contributed by atoms with E-state index in [4.69, 9.17) is 5.73 Å². The lowest BCUT2D eigenvalue weighted by Crippen LogP contribution is -2.20. The number of benzene rings is 1. The van der Waals surface area contributed by atoms with Gasteiger partial charge in [0.15, 0.2) is 0 Å². The third-order valence-corrected chi connectivity index (χ3v) is 4.41. The number of nitrogens with two attached hydrogens (primary N) is 1. The molecule has 0 aliphatic carbocycles. The molecule has 0 aliphatic rings. The van der Waals surface area contributed by atoms with Gasteiger partial charge in [0.2, 0.25) is 0 Å². The Kier molecular flexibility index (Phi) is 4.86. The first kappa shape index (κ1) is 15.1. The van der Waals surface area contributed by atoms with Crippen LogP contribution in [-0.2, 0) is 6.42 Å². The first-order valence-electron chi connectivity index (χ1n) is 6.47. The normalized spacial score (nSPS) is 14.2. The highest BCUT2D eigenvalue weighted by Crippen LogP contribution is 2.35. The van der Waals surface area contributed by atoms with Crippen LogP contribution < -0.4 is 5.73 Å². The molecular weight excluding hydrogens is 280 g/mol. The third-order valence-electron chi connectivity index (χ3n) is 3.38. The third kappa shape index (κ3) is 3.06. The van der Waals surface area contributed by atoms with E-state index in [-0.39, 0.29) is 6.54 Å². The maximum atomic E-state index is 13.3. The fourth-order valence-corrected chi connectivity index (χ4v) is 3.36. The first-order chi connectivity index (χ1) is 9.56. The number of halogens is 2. The molecular formula is C15H17F2NOS. The summed E-state index contributed by atoms with van der Waals surface area (Å²) >= 11 is 1.44. The second-order valence-electron chi connectivity index (χ2n) is 4.65. The molecule has 0 amide bonds. The van der Waals surface area contributed by atoms with Crippen molar-refractivity contribution in [3.63, 3.8) is 0 Å². The molecule has 108 valence electrons. The highest BCUT2D eigenvalue weighted by atomic mass is 32.1. The number of aliphatic hydroxyl groups excluding tert-OH is 1. The van der Waals surface area contributed by atoms with Crippen molar-refractivity contribution < 1.29 is 13.9 Å². The van der Waals surface area contributed by atoms with Gasteiger partial charge in [-0.2, -0.15) is 0 Å². The van der Waals surface area contributed by atoms with E-state index in [1.807, 2.05) is 18.4 Å². The van der Waals surface area contributed by atoms with Crippen molar-refractivity contribution in [2.75, 3.05) is 6.54 Å². The number of rotatable bonds is 5. The molecule has 1 heterocycles. The zero-order valence-electron chi connectivity index (χ0n) is 11.1. The second-order valence-corrected chi connectivity index (χ2v) is 5.60.